The number of ether oxygens (including phenoxy) is 1. The first-order valence-corrected chi connectivity index (χ1v) is 8.66. The van der Waals surface area contributed by atoms with Crippen LogP contribution in [-0.4, -0.2) is 48.1 Å². The number of nitrogens with two attached hydrogens (primary N) is 1. The number of rotatable bonds is 5. The predicted octanol–water partition coefficient (Wildman–Crippen LogP) is 2.51. The molecule has 0 unspecified atom stereocenters. The number of fused-ring (bicyclic) bond motifs is 1. The Morgan fingerprint density at radius 1 is 1.29 bits per heavy atom. The highest BCUT2D eigenvalue weighted by atomic mass is 16.5. The Balaban J connectivity index is 1.69. The summed E-state index contributed by atoms with van der Waals surface area (Å²) in [5.41, 5.74) is 7.90. The summed E-state index contributed by atoms with van der Waals surface area (Å²) in [5.74, 6) is 0.0686. The number of likely N-dealkylation sites (tertiary alicyclic amines) is 1. The molecule has 128 valence electrons. The lowest BCUT2D eigenvalue weighted by molar-refractivity contribution is 0.00849. The van der Waals surface area contributed by atoms with Crippen molar-refractivity contribution in [2.24, 2.45) is 5.73 Å². The first-order chi connectivity index (χ1) is 11.7. The average Bonchev–Trinajstić information content (AvgIpc) is 2.61. The number of amides is 1. The van der Waals surface area contributed by atoms with Crippen LogP contribution < -0.4 is 5.73 Å². The van der Waals surface area contributed by atoms with Crippen molar-refractivity contribution in [1.82, 2.24) is 9.88 Å². The Kier molecular flexibility index (Phi) is 5.43. The molecule has 0 aliphatic carbocycles. The summed E-state index contributed by atoms with van der Waals surface area (Å²) in [6.07, 6.45) is 2.90. The van der Waals surface area contributed by atoms with E-state index in [1.54, 1.807) is 0 Å². The minimum absolute atomic E-state index is 0.0686. The number of piperidine rings is 1. The molecule has 1 fully saturated rings. The molecule has 2 N–H and O–H groups in total. The molecule has 1 amide bonds. The van der Waals surface area contributed by atoms with Gasteiger partial charge in [-0.15, -0.1) is 0 Å². The third-order valence-electron chi connectivity index (χ3n) is 4.52. The molecule has 2 heterocycles. The smallest absolute Gasteiger partial charge is 0.256 e. The number of carbonyl (C=O) groups is 1. The number of benzene rings is 1. The molecule has 5 nitrogen and oxygen atoms in total. The molecule has 1 aliphatic rings. The zero-order chi connectivity index (χ0) is 16.9. The Morgan fingerprint density at radius 2 is 2.08 bits per heavy atom. The van der Waals surface area contributed by atoms with Crippen LogP contribution >= 0.6 is 0 Å². The largest absolute Gasteiger partial charge is 0.378 e. The molecule has 5 heteroatoms. The van der Waals surface area contributed by atoms with Crippen molar-refractivity contribution in [3.05, 3.63) is 41.6 Å². The maximum atomic E-state index is 12.9. The lowest BCUT2D eigenvalue weighted by Gasteiger charge is -2.32. The molecule has 2 aromatic rings. The maximum absolute atomic E-state index is 12.9. The first-order valence-electron chi connectivity index (χ1n) is 8.66. The second-order valence-corrected chi connectivity index (χ2v) is 6.33. The van der Waals surface area contributed by atoms with Gasteiger partial charge in [-0.2, -0.15) is 0 Å². The standard InChI is InChI=1S/C19H25N3O2/c1-14-6-7-15-4-2-5-17(18(15)21-14)19(23)22-11-8-16(9-12-22)24-13-3-10-20/h2,4-7,16H,3,8-13,20H2,1H3. The fourth-order valence-electron chi connectivity index (χ4n) is 3.15. The van der Waals surface area contributed by atoms with Gasteiger partial charge in [-0.25, -0.2) is 0 Å². The van der Waals surface area contributed by atoms with E-state index in [1.165, 1.54) is 0 Å². The van der Waals surface area contributed by atoms with Crippen molar-refractivity contribution >= 4 is 16.8 Å². The minimum atomic E-state index is 0.0686. The van der Waals surface area contributed by atoms with Gasteiger partial charge in [-0.1, -0.05) is 18.2 Å². The van der Waals surface area contributed by atoms with Gasteiger partial charge in [0.15, 0.2) is 0 Å². The molecule has 0 saturated carbocycles. The fraction of sp³-hybridized carbons (Fsp3) is 0.474. The van der Waals surface area contributed by atoms with E-state index in [0.29, 0.717) is 18.7 Å². The van der Waals surface area contributed by atoms with E-state index in [2.05, 4.69) is 4.98 Å². The molecule has 0 bridgehead atoms. The number of hydrogen-bond donors (Lipinski definition) is 1. The van der Waals surface area contributed by atoms with Crippen LogP contribution in [0, 0.1) is 6.92 Å². The van der Waals surface area contributed by atoms with E-state index >= 15 is 0 Å². The molecule has 1 saturated heterocycles. The zero-order valence-electron chi connectivity index (χ0n) is 14.2. The average molecular weight is 327 g/mol. The maximum Gasteiger partial charge on any atom is 0.256 e. The van der Waals surface area contributed by atoms with Crippen LogP contribution in [0.25, 0.3) is 10.9 Å². The van der Waals surface area contributed by atoms with Crippen LogP contribution in [0.4, 0.5) is 0 Å². The second-order valence-electron chi connectivity index (χ2n) is 6.33. The Morgan fingerprint density at radius 3 is 2.83 bits per heavy atom. The summed E-state index contributed by atoms with van der Waals surface area (Å²) < 4.78 is 5.81. The van der Waals surface area contributed by atoms with Crippen molar-refractivity contribution in [3.8, 4) is 0 Å². The van der Waals surface area contributed by atoms with Crippen LogP contribution in [0.2, 0.25) is 0 Å². The summed E-state index contributed by atoms with van der Waals surface area (Å²) in [5, 5.41) is 1.01. The van der Waals surface area contributed by atoms with E-state index in [-0.39, 0.29) is 12.0 Å². The third-order valence-corrected chi connectivity index (χ3v) is 4.52. The lowest BCUT2D eigenvalue weighted by atomic mass is 10.0. The monoisotopic (exact) mass is 327 g/mol. The van der Waals surface area contributed by atoms with Gasteiger partial charge in [-0.05, 0) is 44.9 Å². The predicted molar refractivity (Wildman–Crippen MR) is 95.0 cm³/mol. The Labute approximate surface area is 142 Å². The first kappa shape index (κ1) is 16.9. The quantitative estimate of drug-likeness (QED) is 0.857. The van der Waals surface area contributed by atoms with Gasteiger partial charge in [0.25, 0.3) is 5.91 Å². The van der Waals surface area contributed by atoms with Crippen molar-refractivity contribution < 1.29 is 9.53 Å². The summed E-state index contributed by atoms with van der Waals surface area (Å²) >= 11 is 0. The summed E-state index contributed by atoms with van der Waals surface area (Å²) in [4.78, 5) is 19.4. The molecule has 1 aromatic heterocycles. The van der Waals surface area contributed by atoms with E-state index in [9.17, 15) is 4.79 Å². The van der Waals surface area contributed by atoms with E-state index < -0.39 is 0 Å². The van der Waals surface area contributed by atoms with Crippen molar-refractivity contribution in [2.45, 2.75) is 32.3 Å². The van der Waals surface area contributed by atoms with Crippen LogP contribution in [0.1, 0.15) is 35.3 Å². The fourth-order valence-corrected chi connectivity index (χ4v) is 3.15. The molecule has 3 rings (SSSR count). The topological polar surface area (TPSA) is 68.5 Å². The SMILES string of the molecule is Cc1ccc2cccc(C(=O)N3CCC(OCCCN)CC3)c2n1. The number of carbonyl (C=O) groups excluding carboxylic acids is 1. The van der Waals surface area contributed by atoms with Crippen molar-refractivity contribution in [2.75, 3.05) is 26.2 Å². The highest BCUT2D eigenvalue weighted by Crippen LogP contribution is 2.21. The van der Waals surface area contributed by atoms with Gasteiger partial charge >= 0.3 is 0 Å². The number of nitrogens with zero attached hydrogens (tertiary/aromatic N) is 2. The molecule has 1 aromatic carbocycles. The van der Waals surface area contributed by atoms with Gasteiger partial charge in [0, 0.05) is 30.8 Å². The van der Waals surface area contributed by atoms with Crippen LogP contribution in [0.15, 0.2) is 30.3 Å². The highest BCUT2D eigenvalue weighted by Gasteiger charge is 2.25. The third kappa shape index (κ3) is 3.74. The molecule has 0 radical (unpaired) electrons. The zero-order valence-corrected chi connectivity index (χ0v) is 14.2. The Bertz CT molecular complexity index is 709. The van der Waals surface area contributed by atoms with Crippen molar-refractivity contribution in [3.63, 3.8) is 0 Å². The molecular weight excluding hydrogens is 302 g/mol. The van der Waals surface area contributed by atoms with Crippen molar-refractivity contribution in [1.29, 1.82) is 0 Å². The normalized spacial score (nSPS) is 15.8. The summed E-state index contributed by atoms with van der Waals surface area (Å²) in [6, 6.07) is 9.79. The lowest BCUT2D eigenvalue weighted by Crippen LogP contribution is -2.41. The molecule has 0 atom stereocenters. The van der Waals surface area contributed by atoms with E-state index in [1.807, 2.05) is 42.2 Å². The summed E-state index contributed by atoms with van der Waals surface area (Å²) in [6.45, 7) is 4.78. The molecule has 0 spiro atoms. The van der Waals surface area contributed by atoms with Gasteiger partial charge in [0.05, 0.1) is 17.2 Å². The number of hydrogen-bond acceptors (Lipinski definition) is 4. The minimum Gasteiger partial charge on any atom is -0.378 e. The number of aromatic nitrogens is 1. The number of aryl methyl sites for hydroxylation is 1. The van der Waals surface area contributed by atoms with Gasteiger partial charge in [0.1, 0.15) is 0 Å². The Hall–Kier alpha value is -1.98. The summed E-state index contributed by atoms with van der Waals surface area (Å²) in [7, 11) is 0. The second kappa shape index (κ2) is 7.73. The van der Waals surface area contributed by atoms with Gasteiger partial charge in [-0.3, -0.25) is 9.78 Å². The van der Waals surface area contributed by atoms with E-state index in [4.69, 9.17) is 10.5 Å². The highest BCUT2D eigenvalue weighted by molar-refractivity contribution is 6.05. The van der Waals surface area contributed by atoms with Crippen LogP contribution in [-0.2, 0) is 4.74 Å². The van der Waals surface area contributed by atoms with Gasteiger partial charge < -0.3 is 15.4 Å². The van der Waals surface area contributed by atoms with Gasteiger partial charge in [0.2, 0.25) is 0 Å². The number of para-hydroxylation sites is 1. The van der Waals surface area contributed by atoms with Crippen LogP contribution in [0.3, 0.4) is 0 Å². The molecule has 24 heavy (non-hydrogen) atoms. The molecular formula is C19H25N3O2. The van der Waals surface area contributed by atoms with E-state index in [0.717, 1.165) is 48.9 Å². The molecule has 1 aliphatic heterocycles. The number of pyridine rings is 1. The van der Waals surface area contributed by atoms with Crippen LogP contribution in [0.5, 0.6) is 0 Å².